The molecule has 0 amide bonds. The molecule has 0 unspecified atom stereocenters. The van der Waals surface area contributed by atoms with E-state index >= 15 is 0 Å². The summed E-state index contributed by atoms with van der Waals surface area (Å²) < 4.78 is 29.0. The van der Waals surface area contributed by atoms with Crippen LogP contribution in [0.5, 0.6) is 0 Å². The Morgan fingerprint density at radius 2 is 1.83 bits per heavy atom. The zero-order chi connectivity index (χ0) is 17.2. The van der Waals surface area contributed by atoms with Crippen LogP contribution < -0.4 is 4.72 Å². The number of sulfonamides is 1. The molecule has 0 aliphatic carbocycles. The summed E-state index contributed by atoms with van der Waals surface area (Å²) in [6.07, 6.45) is 7.01. The highest BCUT2D eigenvalue weighted by Gasteiger charge is 2.13. The summed E-state index contributed by atoms with van der Waals surface area (Å²) in [7, 11) is -1.70. The molecule has 2 aromatic heterocycles. The van der Waals surface area contributed by atoms with Gasteiger partial charge in [0, 0.05) is 43.3 Å². The second-order valence-electron chi connectivity index (χ2n) is 5.62. The molecule has 0 aliphatic heterocycles. The minimum absolute atomic E-state index is 0.178. The number of hydrogen-bond donors (Lipinski definition) is 1. The number of rotatable bonds is 5. The van der Waals surface area contributed by atoms with Crippen molar-refractivity contribution in [2.75, 3.05) is 0 Å². The Labute approximate surface area is 141 Å². The Kier molecular flexibility index (Phi) is 4.46. The standard InChI is InChI=1S/C17H18N4O2S/c1-13-3-5-17(6-4-13)24(22,23)20-9-14-7-15(10-18-8-14)16-11-19-21(2)12-16/h3-8,10-12,20H,9H2,1-2H3. The molecular formula is C17H18N4O2S. The lowest BCUT2D eigenvalue weighted by atomic mass is 10.1. The monoisotopic (exact) mass is 342 g/mol. The number of nitrogens with one attached hydrogen (secondary N) is 1. The van der Waals surface area contributed by atoms with Crippen LogP contribution in [0.15, 0.2) is 60.0 Å². The first kappa shape index (κ1) is 16.4. The predicted molar refractivity (Wildman–Crippen MR) is 91.6 cm³/mol. The van der Waals surface area contributed by atoms with E-state index in [1.807, 2.05) is 26.2 Å². The summed E-state index contributed by atoms with van der Waals surface area (Å²) in [6, 6.07) is 8.66. The maximum absolute atomic E-state index is 12.3. The second-order valence-corrected chi connectivity index (χ2v) is 7.39. The van der Waals surface area contributed by atoms with Crippen molar-refractivity contribution >= 4 is 10.0 Å². The highest BCUT2D eigenvalue weighted by Crippen LogP contribution is 2.18. The summed E-state index contributed by atoms with van der Waals surface area (Å²) in [5.74, 6) is 0. The van der Waals surface area contributed by atoms with Crippen LogP contribution in [0.1, 0.15) is 11.1 Å². The van der Waals surface area contributed by atoms with Gasteiger partial charge in [0.25, 0.3) is 0 Å². The molecule has 3 rings (SSSR count). The zero-order valence-corrected chi connectivity index (χ0v) is 14.3. The quantitative estimate of drug-likeness (QED) is 0.772. The van der Waals surface area contributed by atoms with E-state index < -0.39 is 10.0 Å². The van der Waals surface area contributed by atoms with Gasteiger partial charge in [0.15, 0.2) is 0 Å². The van der Waals surface area contributed by atoms with Gasteiger partial charge in [-0.25, -0.2) is 13.1 Å². The molecule has 0 fully saturated rings. The van der Waals surface area contributed by atoms with E-state index in [1.54, 1.807) is 47.5 Å². The van der Waals surface area contributed by atoms with Crippen LogP contribution in [0.3, 0.4) is 0 Å². The maximum atomic E-state index is 12.3. The fourth-order valence-corrected chi connectivity index (χ4v) is 3.31. The number of pyridine rings is 1. The third kappa shape index (κ3) is 3.69. The number of aromatic nitrogens is 3. The maximum Gasteiger partial charge on any atom is 0.240 e. The Bertz CT molecular complexity index is 947. The van der Waals surface area contributed by atoms with Gasteiger partial charge in [-0.3, -0.25) is 9.67 Å². The Hall–Kier alpha value is -2.51. The van der Waals surface area contributed by atoms with Crippen LogP contribution in [0.2, 0.25) is 0 Å². The minimum Gasteiger partial charge on any atom is -0.275 e. The van der Waals surface area contributed by atoms with Crippen LogP contribution in [0.4, 0.5) is 0 Å². The van der Waals surface area contributed by atoms with Gasteiger partial charge in [-0.05, 0) is 30.7 Å². The van der Waals surface area contributed by atoms with Crippen molar-refractivity contribution < 1.29 is 8.42 Å². The molecule has 3 aromatic rings. The molecule has 0 radical (unpaired) electrons. The molecule has 0 atom stereocenters. The van der Waals surface area contributed by atoms with E-state index in [2.05, 4.69) is 14.8 Å². The third-order valence-electron chi connectivity index (χ3n) is 3.63. The molecule has 6 nitrogen and oxygen atoms in total. The number of aryl methyl sites for hydroxylation is 2. The van der Waals surface area contributed by atoms with E-state index in [-0.39, 0.29) is 11.4 Å². The largest absolute Gasteiger partial charge is 0.275 e. The Morgan fingerprint density at radius 3 is 2.50 bits per heavy atom. The molecule has 2 heterocycles. The summed E-state index contributed by atoms with van der Waals surface area (Å²) in [5.41, 5.74) is 3.64. The summed E-state index contributed by atoms with van der Waals surface area (Å²) in [4.78, 5) is 4.44. The SMILES string of the molecule is Cc1ccc(S(=O)(=O)NCc2cncc(-c3cnn(C)c3)c2)cc1. The average Bonchev–Trinajstić information content (AvgIpc) is 3.00. The molecule has 0 saturated carbocycles. The zero-order valence-electron chi connectivity index (χ0n) is 13.5. The average molecular weight is 342 g/mol. The van der Waals surface area contributed by atoms with Crippen molar-refractivity contribution in [1.82, 2.24) is 19.5 Å². The number of hydrogen-bond acceptors (Lipinski definition) is 4. The molecule has 1 N–H and O–H groups in total. The van der Waals surface area contributed by atoms with E-state index in [1.165, 1.54) is 0 Å². The van der Waals surface area contributed by atoms with Crippen LogP contribution in [-0.4, -0.2) is 23.2 Å². The van der Waals surface area contributed by atoms with Crippen molar-refractivity contribution in [2.24, 2.45) is 7.05 Å². The van der Waals surface area contributed by atoms with Crippen LogP contribution in [0, 0.1) is 6.92 Å². The van der Waals surface area contributed by atoms with Crippen molar-refractivity contribution in [1.29, 1.82) is 0 Å². The van der Waals surface area contributed by atoms with E-state index in [4.69, 9.17) is 0 Å². The molecular weight excluding hydrogens is 324 g/mol. The molecule has 7 heteroatoms. The van der Waals surface area contributed by atoms with Crippen molar-refractivity contribution in [3.63, 3.8) is 0 Å². The van der Waals surface area contributed by atoms with Gasteiger partial charge < -0.3 is 0 Å². The molecule has 124 valence electrons. The normalized spacial score (nSPS) is 11.6. The summed E-state index contributed by atoms with van der Waals surface area (Å²) >= 11 is 0. The van der Waals surface area contributed by atoms with Crippen molar-refractivity contribution in [2.45, 2.75) is 18.4 Å². The Morgan fingerprint density at radius 1 is 1.08 bits per heavy atom. The third-order valence-corrected chi connectivity index (χ3v) is 5.05. The molecule has 0 bridgehead atoms. The van der Waals surface area contributed by atoms with Gasteiger partial charge in [-0.1, -0.05) is 17.7 Å². The second kappa shape index (κ2) is 6.54. The van der Waals surface area contributed by atoms with Crippen LogP contribution in [0.25, 0.3) is 11.1 Å². The highest BCUT2D eigenvalue weighted by atomic mass is 32.2. The summed E-state index contributed by atoms with van der Waals surface area (Å²) in [5, 5.41) is 4.13. The van der Waals surface area contributed by atoms with Gasteiger partial charge in [-0.2, -0.15) is 5.10 Å². The first-order valence-electron chi connectivity index (χ1n) is 7.43. The van der Waals surface area contributed by atoms with E-state index in [0.29, 0.717) is 0 Å². The van der Waals surface area contributed by atoms with Gasteiger partial charge in [-0.15, -0.1) is 0 Å². The molecule has 24 heavy (non-hydrogen) atoms. The van der Waals surface area contributed by atoms with Crippen LogP contribution >= 0.6 is 0 Å². The first-order valence-corrected chi connectivity index (χ1v) is 8.92. The van der Waals surface area contributed by atoms with E-state index in [9.17, 15) is 8.42 Å². The number of nitrogens with zero attached hydrogens (tertiary/aromatic N) is 3. The smallest absolute Gasteiger partial charge is 0.240 e. The van der Waals surface area contributed by atoms with Gasteiger partial charge in [0.1, 0.15) is 0 Å². The molecule has 0 spiro atoms. The lowest BCUT2D eigenvalue weighted by molar-refractivity contribution is 0.581. The van der Waals surface area contributed by atoms with Gasteiger partial charge in [0.2, 0.25) is 10.0 Å². The summed E-state index contributed by atoms with van der Waals surface area (Å²) in [6.45, 7) is 2.09. The fraction of sp³-hybridized carbons (Fsp3) is 0.176. The van der Waals surface area contributed by atoms with Gasteiger partial charge in [0.05, 0.1) is 11.1 Å². The lowest BCUT2D eigenvalue weighted by Crippen LogP contribution is -2.23. The molecule has 0 saturated heterocycles. The Balaban J connectivity index is 1.76. The lowest BCUT2D eigenvalue weighted by Gasteiger charge is -2.08. The molecule has 0 aliphatic rings. The first-order chi connectivity index (χ1) is 11.4. The fourth-order valence-electron chi connectivity index (χ4n) is 2.29. The van der Waals surface area contributed by atoms with Gasteiger partial charge >= 0.3 is 0 Å². The topological polar surface area (TPSA) is 76.9 Å². The minimum atomic E-state index is -3.54. The van der Waals surface area contributed by atoms with Crippen LogP contribution in [-0.2, 0) is 23.6 Å². The van der Waals surface area contributed by atoms with E-state index in [0.717, 1.165) is 22.3 Å². The van der Waals surface area contributed by atoms with Crippen molar-refractivity contribution in [3.05, 3.63) is 66.2 Å². The van der Waals surface area contributed by atoms with Crippen molar-refractivity contribution in [3.8, 4) is 11.1 Å². The predicted octanol–water partition coefficient (Wildman–Crippen LogP) is 2.27. The highest BCUT2D eigenvalue weighted by molar-refractivity contribution is 7.89. The number of benzene rings is 1. The molecule has 1 aromatic carbocycles.